The highest BCUT2D eigenvalue weighted by Crippen LogP contribution is 2.23. The number of carbonyl (C=O) groups is 4. The Bertz CT molecular complexity index is 828. The number of nitrogens with zero attached hydrogens (tertiary/aromatic N) is 3. The van der Waals surface area contributed by atoms with E-state index in [0.717, 1.165) is 17.0 Å². The molecule has 0 saturated carbocycles. The Balaban J connectivity index is 1.58. The lowest BCUT2D eigenvalue weighted by atomic mass is 9.93. The van der Waals surface area contributed by atoms with E-state index in [1.54, 1.807) is 25.9 Å². The van der Waals surface area contributed by atoms with Crippen LogP contribution in [0.15, 0.2) is 30.3 Å². The lowest BCUT2D eigenvalue weighted by Crippen LogP contribution is -2.53. The standard InChI is InChI=1S/C21H29N5O4/c1-21(12-11-15-8-5-4-6-9-15)19(29)26(20(30)22-21)23-17(27)14-25-13-7-10-16(25)18(28)24(2)3/h4-6,8-9,16H,7,10-14H2,1-3H3,(H,22,30)(H,23,27). The molecule has 1 aromatic rings. The summed E-state index contributed by atoms with van der Waals surface area (Å²) in [5, 5.41) is 3.45. The first kappa shape index (κ1) is 21.8. The van der Waals surface area contributed by atoms with E-state index in [-0.39, 0.29) is 18.5 Å². The molecule has 0 spiro atoms. The van der Waals surface area contributed by atoms with Crippen LogP contribution in [0, 0.1) is 0 Å². The van der Waals surface area contributed by atoms with Crippen LogP contribution in [0.2, 0.25) is 0 Å². The summed E-state index contributed by atoms with van der Waals surface area (Å²) in [7, 11) is 3.37. The van der Waals surface area contributed by atoms with Crippen LogP contribution >= 0.6 is 0 Å². The number of rotatable bonds is 7. The lowest BCUT2D eigenvalue weighted by Gasteiger charge is -2.26. The Hall–Kier alpha value is -2.94. The van der Waals surface area contributed by atoms with Crippen molar-refractivity contribution < 1.29 is 19.2 Å². The van der Waals surface area contributed by atoms with E-state index in [2.05, 4.69) is 10.7 Å². The molecule has 30 heavy (non-hydrogen) atoms. The zero-order valence-electron chi connectivity index (χ0n) is 17.7. The third-order valence-electron chi connectivity index (χ3n) is 5.69. The zero-order valence-corrected chi connectivity index (χ0v) is 17.7. The van der Waals surface area contributed by atoms with Crippen LogP contribution < -0.4 is 10.7 Å². The normalized spacial score (nSPS) is 24.1. The van der Waals surface area contributed by atoms with Gasteiger partial charge in [-0.15, -0.1) is 0 Å². The van der Waals surface area contributed by atoms with E-state index in [1.165, 1.54) is 4.90 Å². The molecule has 0 aliphatic carbocycles. The van der Waals surface area contributed by atoms with Gasteiger partial charge in [0.05, 0.1) is 12.6 Å². The molecule has 2 heterocycles. The van der Waals surface area contributed by atoms with E-state index in [4.69, 9.17) is 0 Å². The van der Waals surface area contributed by atoms with Crippen LogP contribution in [0.1, 0.15) is 31.7 Å². The van der Waals surface area contributed by atoms with Gasteiger partial charge < -0.3 is 10.2 Å². The van der Waals surface area contributed by atoms with Crippen LogP contribution in [0.3, 0.4) is 0 Å². The summed E-state index contributed by atoms with van der Waals surface area (Å²) in [5.41, 5.74) is 2.39. The monoisotopic (exact) mass is 415 g/mol. The van der Waals surface area contributed by atoms with Crippen molar-refractivity contribution in [1.29, 1.82) is 0 Å². The minimum Gasteiger partial charge on any atom is -0.347 e. The molecule has 2 atom stereocenters. The van der Waals surface area contributed by atoms with Gasteiger partial charge in [-0.1, -0.05) is 30.3 Å². The molecule has 9 heteroatoms. The molecule has 1 aromatic carbocycles. The van der Waals surface area contributed by atoms with Gasteiger partial charge in [0.15, 0.2) is 0 Å². The van der Waals surface area contributed by atoms with Crippen LogP contribution in [-0.2, 0) is 20.8 Å². The summed E-state index contributed by atoms with van der Waals surface area (Å²) in [6.45, 7) is 2.23. The van der Waals surface area contributed by atoms with E-state index < -0.39 is 23.4 Å². The molecule has 2 aliphatic heterocycles. The molecule has 2 saturated heterocycles. The van der Waals surface area contributed by atoms with Gasteiger partial charge in [-0.2, -0.15) is 5.01 Å². The molecule has 0 bridgehead atoms. The predicted molar refractivity (Wildman–Crippen MR) is 110 cm³/mol. The lowest BCUT2D eigenvalue weighted by molar-refractivity contribution is -0.140. The van der Waals surface area contributed by atoms with Gasteiger partial charge in [0.2, 0.25) is 5.91 Å². The molecule has 0 radical (unpaired) electrons. The topological polar surface area (TPSA) is 102 Å². The highest BCUT2D eigenvalue weighted by Gasteiger charge is 2.48. The van der Waals surface area contributed by atoms with Crippen molar-refractivity contribution in [2.24, 2.45) is 0 Å². The Morgan fingerprint density at radius 2 is 1.93 bits per heavy atom. The number of aryl methyl sites for hydroxylation is 1. The number of hydrogen-bond donors (Lipinski definition) is 2. The minimum atomic E-state index is -1.09. The third kappa shape index (κ3) is 4.62. The average Bonchev–Trinajstić information content (AvgIpc) is 3.25. The van der Waals surface area contributed by atoms with Crippen molar-refractivity contribution in [3.05, 3.63) is 35.9 Å². The maximum absolute atomic E-state index is 12.8. The van der Waals surface area contributed by atoms with Crippen molar-refractivity contribution in [3.63, 3.8) is 0 Å². The summed E-state index contributed by atoms with van der Waals surface area (Å²) in [4.78, 5) is 53.3. The highest BCUT2D eigenvalue weighted by atomic mass is 16.2. The molecular weight excluding hydrogens is 386 g/mol. The second kappa shape index (κ2) is 8.83. The first-order chi connectivity index (χ1) is 14.2. The summed E-state index contributed by atoms with van der Waals surface area (Å²) >= 11 is 0. The van der Waals surface area contributed by atoms with Crippen molar-refractivity contribution in [2.75, 3.05) is 27.2 Å². The number of hydrazine groups is 1. The number of amides is 5. The van der Waals surface area contributed by atoms with Crippen LogP contribution in [0.4, 0.5) is 4.79 Å². The van der Waals surface area contributed by atoms with E-state index in [9.17, 15) is 19.2 Å². The molecule has 9 nitrogen and oxygen atoms in total. The third-order valence-corrected chi connectivity index (χ3v) is 5.69. The number of imide groups is 1. The molecule has 3 rings (SSSR count). The summed E-state index contributed by atoms with van der Waals surface area (Å²) in [5.74, 6) is -1.04. The summed E-state index contributed by atoms with van der Waals surface area (Å²) in [6.07, 6.45) is 2.54. The van der Waals surface area contributed by atoms with Gasteiger partial charge in [0, 0.05) is 14.1 Å². The Morgan fingerprint density at radius 1 is 1.23 bits per heavy atom. The number of hydrogen-bond acceptors (Lipinski definition) is 5. The fraction of sp³-hybridized carbons (Fsp3) is 0.524. The SMILES string of the molecule is CN(C)C(=O)C1CCCN1CC(=O)NN1C(=O)NC(C)(CCc2ccccc2)C1=O. The summed E-state index contributed by atoms with van der Waals surface area (Å²) < 4.78 is 0. The molecule has 2 aliphatic rings. The van der Waals surface area contributed by atoms with Gasteiger partial charge in [-0.3, -0.25) is 24.7 Å². The van der Waals surface area contributed by atoms with Crippen LogP contribution in [0.5, 0.6) is 0 Å². The Kier molecular flexibility index (Phi) is 6.40. The number of likely N-dealkylation sites (N-methyl/N-ethyl adjacent to an activating group) is 1. The molecule has 2 unspecified atom stereocenters. The van der Waals surface area contributed by atoms with Crippen LogP contribution in [-0.4, -0.2) is 77.3 Å². The second-order valence-electron chi connectivity index (χ2n) is 8.28. The molecule has 5 amide bonds. The van der Waals surface area contributed by atoms with Crippen molar-refractivity contribution in [3.8, 4) is 0 Å². The van der Waals surface area contributed by atoms with E-state index in [0.29, 0.717) is 25.8 Å². The maximum Gasteiger partial charge on any atom is 0.344 e. The summed E-state index contributed by atoms with van der Waals surface area (Å²) in [6, 6.07) is 8.69. The minimum absolute atomic E-state index is 0.0521. The fourth-order valence-electron chi connectivity index (χ4n) is 3.93. The number of likely N-dealkylation sites (tertiary alicyclic amines) is 1. The molecular formula is C21H29N5O4. The highest BCUT2D eigenvalue weighted by molar-refractivity contribution is 6.07. The van der Waals surface area contributed by atoms with Gasteiger partial charge >= 0.3 is 6.03 Å². The number of nitrogens with one attached hydrogen (secondary N) is 2. The van der Waals surface area contributed by atoms with Crippen molar-refractivity contribution >= 4 is 23.8 Å². The predicted octanol–water partition coefficient (Wildman–Crippen LogP) is 0.514. The van der Waals surface area contributed by atoms with Gasteiger partial charge in [-0.25, -0.2) is 4.79 Å². The largest absolute Gasteiger partial charge is 0.347 e. The number of carbonyl (C=O) groups excluding carboxylic acids is 4. The van der Waals surface area contributed by atoms with E-state index >= 15 is 0 Å². The molecule has 162 valence electrons. The van der Waals surface area contributed by atoms with Gasteiger partial charge in [0.25, 0.3) is 11.8 Å². The second-order valence-corrected chi connectivity index (χ2v) is 8.28. The zero-order chi connectivity index (χ0) is 21.9. The average molecular weight is 415 g/mol. The Labute approximate surface area is 176 Å². The van der Waals surface area contributed by atoms with Crippen molar-refractivity contribution in [2.45, 2.75) is 44.2 Å². The Morgan fingerprint density at radius 3 is 2.60 bits per heavy atom. The van der Waals surface area contributed by atoms with E-state index in [1.807, 2.05) is 30.3 Å². The van der Waals surface area contributed by atoms with Crippen molar-refractivity contribution in [1.82, 2.24) is 25.6 Å². The van der Waals surface area contributed by atoms with Gasteiger partial charge in [0.1, 0.15) is 5.54 Å². The number of benzene rings is 1. The first-order valence-electron chi connectivity index (χ1n) is 10.2. The molecule has 0 aromatic heterocycles. The quantitative estimate of drug-likeness (QED) is 0.632. The fourth-order valence-corrected chi connectivity index (χ4v) is 3.93. The maximum atomic E-state index is 12.8. The van der Waals surface area contributed by atoms with Gasteiger partial charge in [-0.05, 0) is 44.7 Å². The molecule has 2 N–H and O–H groups in total. The van der Waals surface area contributed by atoms with Crippen LogP contribution in [0.25, 0.3) is 0 Å². The smallest absolute Gasteiger partial charge is 0.344 e. The molecule has 2 fully saturated rings. The first-order valence-corrected chi connectivity index (χ1v) is 10.2. The number of urea groups is 1.